The number of anilines is 1. The first-order valence-corrected chi connectivity index (χ1v) is 15.1. The van der Waals surface area contributed by atoms with E-state index >= 15 is 0 Å². The molecule has 36 heavy (non-hydrogen) atoms. The minimum absolute atomic E-state index is 0.0593. The van der Waals surface area contributed by atoms with Crippen LogP contribution in [0.25, 0.3) is 10.3 Å². The fourth-order valence-electron chi connectivity index (χ4n) is 3.36. The minimum Gasteiger partial charge on any atom is -0.364 e. The van der Waals surface area contributed by atoms with Crippen molar-refractivity contribution in [3.05, 3.63) is 38.7 Å². The molecule has 2 N–H and O–H groups in total. The standard InChI is InChI=1S/C22H31ClN5O5PS2/c1-6-31-34(30,32-7-2)33-12-16(10-13(3)4)25-19-18-20(28-22(29)36-18)27-21(26-19)35-14(5)17-9-8-15(23)11-24-17/h8-9,11,13-14,16H,6-7,10,12H2,1-5H3,(H2,25,26,27,28,29). The number of nitrogens with zero attached hydrogens (tertiary/aromatic N) is 3. The van der Waals surface area contributed by atoms with Crippen LogP contribution in [0, 0.1) is 5.92 Å². The van der Waals surface area contributed by atoms with Crippen molar-refractivity contribution in [2.24, 2.45) is 5.92 Å². The molecule has 0 radical (unpaired) electrons. The maximum Gasteiger partial charge on any atom is 0.474 e. The second kappa shape index (κ2) is 13.3. The lowest BCUT2D eigenvalue weighted by atomic mass is 10.0. The maximum absolute atomic E-state index is 12.8. The van der Waals surface area contributed by atoms with Gasteiger partial charge in [-0.05, 0) is 45.2 Å². The van der Waals surface area contributed by atoms with Crippen molar-refractivity contribution < 1.29 is 18.1 Å². The fourth-order valence-corrected chi connectivity index (χ4v) is 6.29. The number of aromatic nitrogens is 4. The second-order valence-corrected chi connectivity index (χ2v) is 12.7. The zero-order valence-electron chi connectivity index (χ0n) is 20.8. The average Bonchev–Trinajstić information content (AvgIpc) is 3.18. The molecule has 0 aliphatic heterocycles. The van der Waals surface area contributed by atoms with E-state index in [2.05, 4.69) is 34.1 Å². The topological polar surface area (TPSA) is 128 Å². The van der Waals surface area contributed by atoms with E-state index in [0.29, 0.717) is 38.7 Å². The quantitative estimate of drug-likeness (QED) is 0.128. The first-order valence-electron chi connectivity index (χ1n) is 11.6. The van der Waals surface area contributed by atoms with Gasteiger partial charge in [-0.3, -0.25) is 28.3 Å². The van der Waals surface area contributed by atoms with Crippen LogP contribution in [0.2, 0.25) is 5.02 Å². The lowest BCUT2D eigenvalue weighted by Gasteiger charge is -2.24. The maximum atomic E-state index is 12.8. The van der Waals surface area contributed by atoms with Crippen LogP contribution in [0.4, 0.5) is 5.82 Å². The number of aromatic amines is 1. The molecule has 0 amide bonds. The van der Waals surface area contributed by atoms with Crippen molar-refractivity contribution in [1.29, 1.82) is 0 Å². The number of H-pyrrole nitrogens is 1. The van der Waals surface area contributed by atoms with Gasteiger partial charge in [0.1, 0.15) is 4.70 Å². The molecular weight excluding hydrogens is 545 g/mol. The highest BCUT2D eigenvalue weighted by Gasteiger charge is 2.28. The van der Waals surface area contributed by atoms with Crippen molar-refractivity contribution >= 4 is 58.7 Å². The number of phosphoric ester groups is 1. The first-order chi connectivity index (χ1) is 17.1. The third-order valence-corrected chi connectivity index (χ3v) is 8.52. The Kier molecular flexibility index (Phi) is 10.7. The van der Waals surface area contributed by atoms with E-state index in [1.807, 2.05) is 13.0 Å². The number of hydrogen-bond donors (Lipinski definition) is 2. The molecule has 3 aromatic heterocycles. The molecule has 0 aliphatic rings. The summed E-state index contributed by atoms with van der Waals surface area (Å²) in [6.45, 7) is 10.1. The molecule has 2 unspecified atom stereocenters. The van der Waals surface area contributed by atoms with Gasteiger partial charge in [-0.15, -0.1) is 0 Å². The Balaban J connectivity index is 1.87. The summed E-state index contributed by atoms with van der Waals surface area (Å²) in [5.41, 5.74) is 1.27. The molecule has 0 saturated carbocycles. The smallest absolute Gasteiger partial charge is 0.364 e. The summed E-state index contributed by atoms with van der Waals surface area (Å²) in [5.74, 6) is 0.802. The zero-order chi connectivity index (χ0) is 26.3. The van der Waals surface area contributed by atoms with Gasteiger partial charge in [-0.2, -0.15) is 0 Å². The predicted molar refractivity (Wildman–Crippen MR) is 145 cm³/mol. The molecule has 3 aromatic rings. The molecule has 2 atom stereocenters. The number of pyridine rings is 1. The zero-order valence-corrected chi connectivity index (χ0v) is 24.1. The summed E-state index contributed by atoms with van der Waals surface area (Å²) in [7, 11) is -3.68. The lowest BCUT2D eigenvalue weighted by Crippen LogP contribution is -2.28. The Morgan fingerprint density at radius 3 is 2.50 bits per heavy atom. The van der Waals surface area contributed by atoms with Crippen LogP contribution in [0.5, 0.6) is 0 Å². The van der Waals surface area contributed by atoms with Crippen LogP contribution < -0.4 is 10.2 Å². The molecule has 198 valence electrons. The largest absolute Gasteiger partial charge is 0.474 e. The molecule has 0 bridgehead atoms. The fraction of sp³-hybridized carbons (Fsp3) is 0.545. The number of hydrogen-bond acceptors (Lipinski definition) is 11. The molecule has 3 rings (SSSR count). The van der Waals surface area contributed by atoms with Crippen LogP contribution in [0.3, 0.4) is 0 Å². The first kappa shape index (κ1) is 29.0. The van der Waals surface area contributed by atoms with E-state index in [-0.39, 0.29) is 36.0 Å². The summed E-state index contributed by atoms with van der Waals surface area (Å²) in [5, 5.41) is 4.36. The highest BCUT2D eigenvalue weighted by molar-refractivity contribution is 7.99. The SMILES string of the molecule is CCOP(=O)(OCC)OCC(CC(C)C)Nc1nc(SC(C)c2ccc(Cl)cn2)nc2[nH]c(=O)sc12. The number of phosphoric acid groups is 1. The lowest BCUT2D eigenvalue weighted by molar-refractivity contribution is 0.116. The van der Waals surface area contributed by atoms with Gasteiger partial charge in [-0.1, -0.05) is 48.5 Å². The molecule has 0 spiro atoms. The predicted octanol–water partition coefficient (Wildman–Crippen LogP) is 6.31. The van der Waals surface area contributed by atoms with Crippen molar-refractivity contribution in [3.8, 4) is 0 Å². The van der Waals surface area contributed by atoms with Crippen LogP contribution >= 0.6 is 42.5 Å². The van der Waals surface area contributed by atoms with E-state index in [4.69, 9.17) is 30.2 Å². The van der Waals surface area contributed by atoms with Gasteiger partial charge in [0.05, 0.1) is 41.8 Å². The van der Waals surface area contributed by atoms with Gasteiger partial charge in [0, 0.05) is 6.20 Å². The molecule has 10 nitrogen and oxygen atoms in total. The van der Waals surface area contributed by atoms with Crippen molar-refractivity contribution in [2.75, 3.05) is 25.1 Å². The van der Waals surface area contributed by atoms with Crippen molar-refractivity contribution in [3.63, 3.8) is 0 Å². The summed E-state index contributed by atoms with van der Waals surface area (Å²) >= 11 is 8.40. The number of nitrogens with one attached hydrogen (secondary N) is 2. The second-order valence-electron chi connectivity index (χ2n) is 8.26. The molecule has 14 heteroatoms. The Labute approximate surface area is 223 Å². The van der Waals surface area contributed by atoms with Gasteiger partial charge >= 0.3 is 12.7 Å². The Morgan fingerprint density at radius 2 is 1.89 bits per heavy atom. The van der Waals surface area contributed by atoms with Gasteiger partial charge in [0.2, 0.25) is 0 Å². The van der Waals surface area contributed by atoms with E-state index in [9.17, 15) is 9.36 Å². The average molecular weight is 576 g/mol. The van der Waals surface area contributed by atoms with Crippen LogP contribution in [0.1, 0.15) is 52.0 Å². The summed E-state index contributed by atoms with van der Waals surface area (Å²) in [6.07, 6.45) is 2.29. The molecule has 3 heterocycles. The number of halogens is 1. The molecule has 0 fully saturated rings. The third kappa shape index (κ3) is 8.24. The van der Waals surface area contributed by atoms with Gasteiger partial charge in [0.25, 0.3) is 0 Å². The summed E-state index contributed by atoms with van der Waals surface area (Å²) < 4.78 is 29.6. The summed E-state index contributed by atoms with van der Waals surface area (Å²) in [4.78, 5) is 28.3. The van der Waals surface area contributed by atoms with Crippen LogP contribution in [0.15, 0.2) is 28.3 Å². The van der Waals surface area contributed by atoms with E-state index < -0.39 is 7.82 Å². The van der Waals surface area contributed by atoms with E-state index in [1.54, 1.807) is 26.1 Å². The number of fused-ring (bicyclic) bond motifs is 1. The number of thiazole rings is 1. The van der Waals surface area contributed by atoms with Gasteiger partial charge in [0.15, 0.2) is 16.6 Å². The highest BCUT2D eigenvalue weighted by atomic mass is 35.5. The van der Waals surface area contributed by atoms with E-state index in [1.165, 1.54) is 11.8 Å². The molecular formula is C22H31ClN5O5PS2. The van der Waals surface area contributed by atoms with Gasteiger partial charge < -0.3 is 5.32 Å². The normalized spacial score (nSPS) is 13.9. The Hall–Kier alpha value is -1.53. The number of rotatable bonds is 14. The van der Waals surface area contributed by atoms with Crippen LogP contribution in [-0.4, -0.2) is 45.8 Å². The number of thioether (sulfide) groups is 1. The van der Waals surface area contributed by atoms with Crippen LogP contribution in [-0.2, 0) is 18.1 Å². The molecule has 0 saturated heterocycles. The third-order valence-electron chi connectivity index (χ3n) is 4.81. The van der Waals surface area contributed by atoms with E-state index in [0.717, 1.165) is 17.0 Å². The molecule has 0 aromatic carbocycles. The highest BCUT2D eigenvalue weighted by Crippen LogP contribution is 2.49. The van der Waals surface area contributed by atoms with Crippen molar-refractivity contribution in [2.45, 2.75) is 57.5 Å². The summed E-state index contributed by atoms with van der Waals surface area (Å²) in [6, 6.07) is 3.37. The molecule has 0 aliphatic carbocycles. The Bertz CT molecular complexity index is 1230. The van der Waals surface area contributed by atoms with Gasteiger partial charge in [-0.25, -0.2) is 14.5 Å². The monoisotopic (exact) mass is 575 g/mol. The minimum atomic E-state index is -3.68. The Morgan fingerprint density at radius 1 is 1.17 bits per heavy atom. The van der Waals surface area contributed by atoms with Crippen molar-refractivity contribution in [1.82, 2.24) is 19.9 Å².